The number of amides is 1. The molecule has 0 spiro atoms. The van der Waals surface area contributed by atoms with Crippen LogP contribution in [0, 0.1) is 0 Å². The quantitative estimate of drug-likeness (QED) is 0.857. The minimum atomic E-state index is -2.55. The van der Waals surface area contributed by atoms with Crippen LogP contribution in [0.4, 0.5) is 8.78 Å². The molecule has 18 heavy (non-hydrogen) atoms. The molecule has 1 aromatic rings. The standard InChI is InChI=1S/C12H15F2N3O/c13-11(14)7-16-12(18)10-4-1-3-9(17-10)8-5-2-6-15-8/h1,3-4,8,11,15H,2,5-7H2,(H,16,18). The molecule has 1 aliphatic rings. The van der Waals surface area contributed by atoms with Crippen LogP contribution < -0.4 is 10.6 Å². The highest BCUT2D eigenvalue weighted by Gasteiger charge is 2.18. The predicted octanol–water partition coefficient (Wildman–Crippen LogP) is 1.50. The van der Waals surface area contributed by atoms with Gasteiger partial charge < -0.3 is 10.6 Å². The van der Waals surface area contributed by atoms with Gasteiger partial charge in [0.1, 0.15) is 5.69 Å². The van der Waals surface area contributed by atoms with Crippen LogP contribution in [0.1, 0.15) is 35.1 Å². The Labute approximate surface area is 104 Å². The molecule has 0 aromatic carbocycles. The van der Waals surface area contributed by atoms with Gasteiger partial charge in [-0.05, 0) is 31.5 Å². The van der Waals surface area contributed by atoms with E-state index in [2.05, 4.69) is 15.6 Å². The summed E-state index contributed by atoms with van der Waals surface area (Å²) in [5.41, 5.74) is 0.971. The summed E-state index contributed by atoms with van der Waals surface area (Å²) in [5, 5.41) is 5.42. The van der Waals surface area contributed by atoms with E-state index in [1.54, 1.807) is 6.07 Å². The zero-order valence-electron chi connectivity index (χ0n) is 9.83. The van der Waals surface area contributed by atoms with Crippen molar-refractivity contribution < 1.29 is 13.6 Å². The average molecular weight is 255 g/mol. The Morgan fingerprint density at radius 1 is 1.56 bits per heavy atom. The first-order chi connectivity index (χ1) is 8.66. The largest absolute Gasteiger partial charge is 0.345 e. The summed E-state index contributed by atoms with van der Waals surface area (Å²) < 4.78 is 24.0. The van der Waals surface area contributed by atoms with Crippen molar-refractivity contribution in [2.45, 2.75) is 25.3 Å². The number of nitrogens with zero attached hydrogens (tertiary/aromatic N) is 1. The third-order valence-electron chi connectivity index (χ3n) is 2.84. The molecule has 0 bridgehead atoms. The molecule has 2 heterocycles. The molecular weight excluding hydrogens is 240 g/mol. The first kappa shape index (κ1) is 12.9. The van der Waals surface area contributed by atoms with E-state index < -0.39 is 18.9 Å². The lowest BCUT2D eigenvalue weighted by Gasteiger charge is -2.11. The Morgan fingerprint density at radius 2 is 2.39 bits per heavy atom. The molecule has 1 saturated heterocycles. The molecule has 2 N–H and O–H groups in total. The van der Waals surface area contributed by atoms with Crippen LogP contribution in [-0.4, -0.2) is 30.4 Å². The molecule has 98 valence electrons. The minimum Gasteiger partial charge on any atom is -0.345 e. The molecule has 1 atom stereocenters. The summed E-state index contributed by atoms with van der Waals surface area (Å²) in [5.74, 6) is -0.560. The van der Waals surface area contributed by atoms with Gasteiger partial charge in [0.2, 0.25) is 0 Å². The van der Waals surface area contributed by atoms with Gasteiger partial charge in [0, 0.05) is 6.04 Å². The van der Waals surface area contributed by atoms with Crippen molar-refractivity contribution in [1.82, 2.24) is 15.6 Å². The Balaban J connectivity index is 2.04. The topological polar surface area (TPSA) is 54.0 Å². The van der Waals surface area contributed by atoms with Gasteiger partial charge in [-0.15, -0.1) is 0 Å². The fourth-order valence-electron chi connectivity index (χ4n) is 1.97. The summed E-state index contributed by atoms with van der Waals surface area (Å²) in [4.78, 5) is 15.8. The summed E-state index contributed by atoms with van der Waals surface area (Å²) in [7, 11) is 0. The first-order valence-electron chi connectivity index (χ1n) is 5.93. The van der Waals surface area contributed by atoms with Crippen molar-refractivity contribution in [2.24, 2.45) is 0 Å². The van der Waals surface area contributed by atoms with Crippen LogP contribution in [-0.2, 0) is 0 Å². The average Bonchev–Trinajstić information content (AvgIpc) is 2.90. The zero-order chi connectivity index (χ0) is 13.0. The van der Waals surface area contributed by atoms with E-state index in [1.165, 1.54) is 6.07 Å². The lowest BCUT2D eigenvalue weighted by atomic mass is 10.1. The van der Waals surface area contributed by atoms with Crippen molar-refractivity contribution in [3.63, 3.8) is 0 Å². The Hall–Kier alpha value is -1.56. The van der Waals surface area contributed by atoms with E-state index in [9.17, 15) is 13.6 Å². The van der Waals surface area contributed by atoms with Gasteiger partial charge in [-0.2, -0.15) is 0 Å². The zero-order valence-corrected chi connectivity index (χ0v) is 9.83. The smallest absolute Gasteiger partial charge is 0.270 e. The van der Waals surface area contributed by atoms with E-state index in [-0.39, 0.29) is 11.7 Å². The summed E-state index contributed by atoms with van der Waals surface area (Å²) in [6.07, 6.45) is -0.489. The molecule has 1 unspecified atom stereocenters. The van der Waals surface area contributed by atoms with Crippen LogP contribution >= 0.6 is 0 Å². The summed E-state index contributed by atoms with van der Waals surface area (Å²) >= 11 is 0. The van der Waals surface area contributed by atoms with Crippen molar-refractivity contribution in [3.05, 3.63) is 29.6 Å². The van der Waals surface area contributed by atoms with Crippen molar-refractivity contribution in [3.8, 4) is 0 Å². The minimum absolute atomic E-state index is 0.160. The monoisotopic (exact) mass is 255 g/mol. The molecule has 1 fully saturated rings. The molecule has 0 radical (unpaired) electrons. The summed E-state index contributed by atoms with van der Waals surface area (Å²) in [6, 6.07) is 5.25. The van der Waals surface area contributed by atoms with E-state index in [1.807, 2.05) is 6.07 Å². The van der Waals surface area contributed by atoms with Crippen LogP contribution in [0.15, 0.2) is 18.2 Å². The number of halogens is 2. The van der Waals surface area contributed by atoms with Gasteiger partial charge in [-0.1, -0.05) is 6.07 Å². The maximum Gasteiger partial charge on any atom is 0.270 e. The molecule has 0 aliphatic carbocycles. The first-order valence-corrected chi connectivity index (χ1v) is 5.93. The SMILES string of the molecule is O=C(NCC(F)F)c1cccc(C2CCCN2)n1. The number of aromatic nitrogens is 1. The number of rotatable bonds is 4. The maximum atomic E-state index is 12.0. The number of hydrogen-bond acceptors (Lipinski definition) is 3. The fourth-order valence-corrected chi connectivity index (χ4v) is 1.97. The number of alkyl halides is 2. The van der Waals surface area contributed by atoms with Gasteiger partial charge in [-0.25, -0.2) is 13.8 Å². The van der Waals surface area contributed by atoms with E-state index in [4.69, 9.17) is 0 Å². The number of pyridine rings is 1. The fraction of sp³-hybridized carbons (Fsp3) is 0.500. The molecule has 6 heteroatoms. The molecule has 4 nitrogen and oxygen atoms in total. The van der Waals surface area contributed by atoms with Crippen molar-refractivity contribution >= 4 is 5.91 Å². The lowest BCUT2D eigenvalue weighted by molar-refractivity contribution is 0.0886. The van der Waals surface area contributed by atoms with Gasteiger partial charge in [0.05, 0.1) is 12.2 Å². The number of nitrogens with one attached hydrogen (secondary N) is 2. The van der Waals surface area contributed by atoms with Gasteiger partial charge in [0.25, 0.3) is 12.3 Å². The Bertz CT molecular complexity index is 420. The number of hydrogen-bond donors (Lipinski definition) is 2. The highest BCUT2D eigenvalue weighted by molar-refractivity contribution is 5.92. The van der Waals surface area contributed by atoms with Gasteiger partial charge in [0.15, 0.2) is 0 Å². The normalized spacial score (nSPS) is 19.2. The summed E-state index contributed by atoms with van der Waals surface area (Å²) in [6.45, 7) is 0.292. The second-order valence-corrected chi connectivity index (χ2v) is 4.20. The van der Waals surface area contributed by atoms with Gasteiger partial charge >= 0.3 is 0 Å². The Morgan fingerprint density at radius 3 is 3.06 bits per heavy atom. The molecule has 1 amide bonds. The molecule has 0 saturated carbocycles. The third kappa shape index (κ3) is 3.22. The van der Waals surface area contributed by atoms with Crippen LogP contribution in [0.3, 0.4) is 0 Å². The molecule has 1 aliphatic heterocycles. The number of carbonyl (C=O) groups is 1. The van der Waals surface area contributed by atoms with Crippen LogP contribution in [0.25, 0.3) is 0 Å². The van der Waals surface area contributed by atoms with Crippen LogP contribution in [0.2, 0.25) is 0 Å². The third-order valence-corrected chi connectivity index (χ3v) is 2.84. The molecule has 1 aromatic heterocycles. The van der Waals surface area contributed by atoms with Crippen molar-refractivity contribution in [1.29, 1.82) is 0 Å². The van der Waals surface area contributed by atoms with E-state index in [0.717, 1.165) is 25.1 Å². The predicted molar refractivity (Wildman–Crippen MR) is 62.6 cm³/mol. The highest BCUT2D eigenvalue weighted by Crippen LogP contribution is 2.21. The van der Waals surface area contributed by atoms with E-state index >= 15 is 0 Å². The maximum absolute atomic E-state index is 12.0. The second kappa shape index (κ2) is 5.86. The van der Waals surface area contributed by atoms with Crippen LogP contribution in [0.5, 0.6) is 0 Å². The second-order valence-electron chi connectivity index (χ2n) is 4.20. The molecule has 2 rings (SSSR count). The lowest BCUT2D eigenvalue weighted by Crippen LogP contribution is -2.29. The van der Waals surface area contributed by atoms with E-state index in [0.29, 0.717) is 0 Å². The highest BCUT2D eigenvalue weighted by atomic mass is 19.3. The number of carbonyl (C=O) groups excluding carboxylic acids is 1. The van der Waals surface area contributed by atoms with Gasteiger partial charge in [-0.3, -0.25) is 4.79 Å². The van der Waals surface area contributed by atoms with Crippen molar-refractivity contribution in [2.75, 3.05) is 13.1 Å². The Kier molecular flexibility index (Phi) is 4.19. The molecular formula is C12H15F2N3O.